The lowest BCUT2D eigenvalue weighted by atomic mass is 10.2. The molecule has 0 fully saturated rings. The van der Waals surface area contributed by atoms with Crippen molar-refractivity contribution in [3.8, 4) is 6.07 Å². The minimum absolute atomic E-state index is 0.117. The molecule has 0 bridgehead atoms. The molecule has 0 aliphatic heterocycles. The van der Waals surface area contributed by atoms with Crippen LogP contribution in [0.4, 0.5) is 0 Å². The van der Waals surface area contributed by atoms with Gasteiger partial charge in [-0.3, -0.25) is 9.36 Å². The lowest BCUT2D eigenvalue weighted by molar-refractivity contribution is 0.578. The Morgan fingerprint density at radius 2 is 2.11 bits per heavy atom. The first-order chi connectivity index (χ1) is 8.77. The molecule has 0 saturated heterocycles. The largest absolute Gasteiger partial charge is 0.284 e. The Morgan fingerprint density at radius 3 is 2.83 bits per heavy atom. The highest BCUT2D eigenvalue weighted by Gasteiger charge is 2.09. The molecule has 0 saturated carbocycles. The van der Waals surface area contributed by atoms with E-state index in [1.807, 2.05) is 18.2 Å². The Bertz CT molecular complexity index is 652. The van der Waals surface area contributed by atoms with Gasteiger partial charge in [-0.1, -0.05) is 31.9 Å². The molecule has 0 aliphatic carbocycles. The molecule has 0 aliphatic rings. The summed E-state index contributed by atoms with van der Waals surface area (Å²) in [6.07, 6.45) is 3.02. The number of para-hydroxylation sites is 1. The Labute approximate surface area is 106 Å². The van der Waals surface area contributed by atoms with Crippen LogP contribution in [0.15, 0.2) is 29.1 Å². The van der Waals surface area contributed by atoms with Crippen molar-refractivity contribution >= 4 is 10.9 Å². The van der Waals surface area contributed by atoms with Crippen molar-refractivity contribution in [2.45, 2.75) is 32.7 Å². The Balaban J connectivity index is 2.53. The van der Waals surface area contributed by atoms with E-state index in [1.165, 1.54) is 4.57 Å². The molecule has 4 nitrogen and oxygen atoms in total. The van der Waals surface area contributed by atoms with Gasteiger partial charge in [0.1, 0.15) is 6.07 Å². The van der Waals surface area contributed by atoms with E-state index in [1.54, 1.807) is 12.1 Å². The van der Waals surface area contributed by atoms with Crippen molar-refractivity contribution in [3.05, 3.63) is 40.4 Å². The lowest BCUT2D eigenvalue weighted by Gasteiger charge is -2.08. The molecule has 1 aromatic carbocycles. The van der Waals surface area contributed by atoms with Crippen molar-refractivity contribution in [2.24, 2.45) is 0 Å². The topological polar surface area (TPSA) is 58.7 Å². The van der Waals surface area contributed by atoms with Gasteiger partial charge in [0.05, 0.1) is 10.9 Å². The molecular weight excluding hydrogens is 226 g/mol. The van der Waals surface area contributed by atoms with E-state index in [2.05, 4.69) is 11.9 Å². The van der Waals surface area contributed by atoms with E-state index in [9.17, 15) is 4.79 Å². The zero-order valence-corrected chi connectivity index (χ0v) is 10.4. The second-order valence-corrected chi connectivity index (χ2v) is 4.23. The van der Waals surface area contributed by atoms with Gasteiger partial charge in [0.25, 0.3) is 5.56 Å². The highest BCUT2D eigenvalue weighted by molar-refractivity contribution is 5.77. The molecule has 1 heterocycles. The molecule has 0 spiro atoms. The predicted octanol–water partition coefficient (Wildman–Crippen LogP) is 2.46. The first-order valence-corrected chi connectivity index (χ1v) is 6.17. The molecule has 92 valence electrons. The summed E-state index contributed by atoms with van der Waals surface area (Å²) >= 11 is 0. The van der Waals surface area contributed by atoms with Crippen LogP contribution in [0.5, 0.6) is 0 Å². The fraction of sp³-hybridized carbons (Fsp3) is 0.357. The van der Waals surface area contributed by atoms with Crippen LogP contribution < -0.4 is 5.56 Å². The van der Waals surface area contributed by atoms with Crippen LogP contribution in [0, 0.1) is 11.3 Å². The molecule has 0 atom stereocenters. The number of aromatic nitrogens is 2. The normalized spacial score (nSPS) is 10.4. The first-order valence-electron chi connectivity index (χ1n) is 6.17. The third-order valence-electron chi connectivity index (χ3n) is 2.95. The second kappa shape index (κ2) is 5.46. The van der Waals surface area contributed by atoms with Gasteiger partial charge < -0.3 is 0 Å². The first kappa shape index (κ1) is 12.3. The smallest absolute Gasteiger partial charge is 0.262 e. The molecule has 2 rings (SSSR count). The number of nitriles is 1. The second-order valence-electron chi connectivity index (χ2n) is 4.23. The number of nitrogens with zero attached hydrogens (tertiary/aromatic N) is 3. The SMILES string of the molecule is CCCCCn1c(C#N)nc2ccccc2c1=O. The third-order valence-corrected chi connectivity index (χ3v) is 2.95. The van der Waals surface area contributed by atoms with Crippen LogP contribution >= 0.6 is 0 Å². The summed E-state index contributed by atoms with van der Waals surface area (Å²) in [5, 5.41) is 9.66. The zero-order valence-electron chi connectivity index (χ0n) is 10.4. The van der Waals surface area contributed by atoms with E-state index in [4.69, 9.17) is 5.26 Å². The maximum absolute atomic E-state index is 12.3. The van der Waals surface area contributed by atoms with E-state index in [-0.39, 0.29) is 11.4 Å². The summed E-state index contributed by atoms with van der Waals surface area (Å²) in [6.45, 7) is 2.67. The lowest BCUT2D eigenvalue weighted by Crippen LogP contribution is -2.24. The summed E-state index contributed by atoms with van der Waals surface area (Å²) in [7, 11) is 0. The summed E-state index contributed by atoms with van der Waals surface area (Å²) in [4.78, 5) is 16.5. The van der Waals surface area contributed by atoms with E-state index in [0.29, 0.717) is 17.4 Å². The van der Waals surface area contributed by atoms with Gasteiger partial charge >= 0.3 is 0 Å². The van der Waals surface area contributed by atoms with Crippen LogP contribution in [-0.2, 0) is 6.54 Å². The molecule has 0 amide bonds. The van der Waals surface area contributed by atoms with Crippen molar-refractivity contribution in [3.63, 3.8) is 0 Å². The fourth-order valence-electron chi connectivity index (χ4n) is 1.98. The Kier molecular flexibility index (Phi) is 3.73. The summed E-state index contributed by atoms with van der Waals surface area (Å²) in [6, 6.07) is 9.15. The molecule has 2 aromatic rings. The van der Waals surface area contributed by atoms with Gasteiger partial charge in [0.15, 0.2) is 0 Å². The van der Waals surface area contributed by atoms with Gasteiger partial charge in [-0.2, -0.15) is 5.26 Å². The summed E-state index contributed by atoms with van der Waals surface area (Å²) in [5.74, 6) is 0.204. The van der Waals surface area contributed by atoms with Gasteiger partial charge in [0, 0.05) is 6.54 Å². The predicted molar refractivity (Wildman–Crippen MR) is 70.2 cm³/mol. The molecule has 4 heteroatoms. The summed E-state index contributed by atoms with van der Waals surface area (Å²) in [5.41, 5.74) is 0.471. The van der Waals surface area contributed by atoms with Crippen molar-refractivity contribution in [1.82, 2.24) is 9.55 Å². The third kappa shape index (κ3) is 2.25. The fourth-order valence-corrected chi connectivity index (χ4v) is 1.98. The monoisotopic (exact) mass is 241 g/mol. The highest BCUT2D eigenvalue weighted by atomic mass is 16.1. The van der Waals surface area contributed by atoms with Crippen LogP contribution in [0.1, 0.15) is 32.0 Å². The van der Waals surface area contributed by atoms with E-state index in [0.717, 1.165) is 19.3 Å². The van der Waals surface area contributed by atoms with Gasteiger partial charge in [0.2, 0.25) is 5.82 Å². The Hall–Kier alpha value is -2.15. The van der Waals surface area contributed by atoms with E-state index < -0.39 is 0 Å². The van der Waals surface area contributed by atoms with Gasteiger partial charge in [-0.05, 0) is 18.6 Å². The molecule has 0 unspecified atom stereocenters. The van der Waals surface area contributed by atoms with Crippen LogP contribution in [0.3, 0.4) is 0 Å². The minimum Gasteiger partial charge on any atom is -0.284 e. The number of hydrogen-bond acceptors (Lipinski definition) is 3. The molecule has 0 N–H and O–H groups in total. The molecular formula is C14H15N3O. The number of hydrogen-bond donors (Lipinski definition) is 0. The van der Waals surface area contributed by atoms with Crippen LogP contribution in [0.2, 0.25) is 0 Å². The standard InChI is InChI=1S/C14H15N3O/c1-2-3-6-9-17-13(10-15)16-12-8-5-4-7-11(12)14(17)18/h4-5,7-8H,2-3,6,9H2,1H3. The number of rotatable bonds is 4. The molecule has 0 radical (unpaired) electrons. The van der Waals surface area contributed by atoms with Crippen molar-refractivity contribution in [2.75, 3.05) is 0 Å². The Morgan fingerprint density at radius 1 is 1.33 bits per heavy atom. The zero-order chi connectivity index (χ0) is 13.0. The maximum atomic E-state index is 12.3. The van der Waals surface area contributed by atoms with Crippen LogP contribution in [0.25, 0.3) is 10.9 Å². The average Bonchev–Trinajstić information content (AvgIpc) is 2.41. The van der Waals surface area contributed by atoms with Gasteiger partial charge in [-0.25, -0.2) is 4.98 Å². The number of benzene rings is 1. The van der Waals surface area contributed by atoms with E-state index >= 15 is 0 Å². The van der Waals surface area contributed by atoms with Crippen molar-refractivity contribution in [1.29, 1.82) is 5.26 Å². The minimum atomic E-state index is -0.117. The van der Waals surface area contributed by atoms with Crippen molar-refractivity contribution < 1.29 is 0 Å². The number of unbranched alkanes of at least 4 members (excludes halogenated alkanes) is 2. The average molecular weight is 241 g/mol. The molecule has 18 heavy (non-hydrogen) atoms. The summed E-state index contributed by atoms with van der Waals surface area (Å²) < 4.78 is 1.48. The highest BCUT2D eigenvalue weighted by Crippen LogP contribution is 2.08. The number of fused-ring (bicyclic) bond motifs is 1. The molecule has 1 aromatic heterocycles. The van der Waals surface area contributed by atoms with Gasteiger partial charge in [-0.15, -0.1) is 0 Å². The quantitative estimate of drug-likeness (QED) is 0.772. The maximum Gasteiger partial charge on any atom is 0.262 e. The van der Waals surface area contributed by atoms with Crippen LogP contribution in [-0.4, -0.2) is 9.55 Å².